The van der Waals surface area contributed by atoms with Crippen molar-refractivity contribution in [2.24, 2.45) is 5.73 Å². The maximum atomic E-state index is 10.7. The van der Waals surface area contributed by atoms with Gasteiger partial charge < -0.3 is 20.3 Å². The van der Waals surface area contributed by atoms with Crippen molar-refractivity contribution in [2.75, 3.05) is 20.8 Å². The second-order valence-corrected chi connectivity index (χ2v) is 4.62. The van der Waals surface area contributed by atoms with Gasteiger partial charge >= 0.3 is 0 Å². The predicted octanol–water partition coefficient (Wildman–Crippen LogP) is 1.87. The molecule has 2 atom stereocenters. The summed E-state index contributed by atoms with van der Waals surface area (Å²) in [5, 5.41) is 10.7. The van der Waals surface area contributed by atoms with Gasteiger partial charge in [-0.3, -0.25) is 4.98 Å². The summed E-state index contributed by atoms with van der Waals surface area (Å²) in [6.07, 6.45) is 0.864. The van der Waals surface area contributed by atoms with Crippen LogP contribution in [0, 0.1) is 0 Å². The Morgan fingerprint density at radius 3 is 2.52 bits per heavy atom. The lowest BCUT2D eigenvalue weighted by atomic mass is 9.91. The second kappa shape index (κ2) is 7.06. The van der Waals surface area contributed by atoms with Crippen LogP contribution < -0.4 is 15.2 Å². The molecule has 0 saturated carbocycles. The summed E-state index contributed by atoms with van der Waals surface area (Å²) in [5.74, 6) is 0.778. The van der Waals surface area contributed by atoms with Crippen LogP contribution in [-0.2, 0) is 0 Å². The summed E-state index contributed by atoms with van der Waals surface area (Å²) >= 11 is 0. The Balaban J connectivity index is 2.40. The van der Waals surface area contributed by atoms with Gasteiger partial charge in [-0.25, -0.2) is 0 Å². The second-order valence-electron chi connectivity index (χ2n) is 4.62. The number of hydrogen-bond donors (Lipinski definition) is 2. The van der Waals surface area contributed by atoms with Gasteiger partial charge in [-0.15, -0.1) is 0 Å². The van der Waals surface area contributed by atoms with Crippen molar-refractivity contribution in [3.63, 3.8) is 0 Å². The lowest BCUT2D eigenvalue weighted by molar-refractivity contribution is 0.141. The van der Waals surface area contributed by atoms with Gasteiger partial charge in [-0.05, 0) is 18.2 Å². The summed E-state index contributed by atoms with van der Waals surface area (Å²) < 4.78 is 10.6. The highest BCUT2D eigenvalue weighted by atomic mass is 16.5. The standard InChI is InChI=1S/C16H20N2O3/c1-20-14-8-5-6-11(16(14)21-2)15(19)12(10-17)13-7-3-4-9-18-13/h3-9,12,15,19H,10,17H2,1-2H3. The first kappa shape index (κ1) is 15.3. The number of aliphatic hydroxyl groups is 1. The fourth-order valence-electron chi connectivity index (χ4n) is 2.37. The SMILES string of the molecule is COc1cccc(C(O)C(CN)c2ccccn2)c1OC. The molecule has 1 heterocycles. The highest BCUT2D eigenvalue weighted by molar-refractivity contribution is 5.48. The maximum Gasteiger partial charge on any atom is 0.166 e. The Bertz CT molecular complexity index is 575. The van der Waals surface area contributed by atoms with Gasteiger partial charge in [0.15, 0.2) is 11.5 Å². The third-order valence-electron chi connectivity index (χ3n) is 3.45. The Hall–Kier alpha value is -2.11. The Kier molecular flexibility index (Phi) is 5.14. The van der Waals surface area contributed by atoms with Gasteiger partial charge in [0.2, 0.25) is 0 Å². The number of nitrogens with two attached hydrogens (primary N) is 1. The van der Waals surface area contributed by atoms with Crippen LogP contribution in [-0.4, -0.2) is 30.9 Å². The molecule has 0 aliphatic rings. The van der Waals surface area contributed by atoms with Crippen molar-refractivity contribution >= 4 is 0 Å². The van der Waals surface area contributed by atoms with Crippen LogP contribution in [0.3, 0.4) is 0 Å². The van der Waals surface area contributed by atoms with Crippen LogP contribution >= 0.6 is 0 Å². The summed E-state index contributed by atoms with van der Waals surface area (Å²) in [6.45, 7) is 0.276. The van der Waals surface area contributed by atoms with E-state index in [0.717, 1.165) is 5.69 Å². The zero-order chi connectivity index (χ0) is 15.2. The fourth-order valence-corrected chi connectivity index (χ4v) is 2.37. The average Bonchev–Trinajstić information content (AvgIpc) is 2.55. The van der Waals surface area contributed by atoms with Crippen molar-refractivity contribution in [2.45, 2.75) is 12.0 Å². The summed E-state index contributed by atoms with van der Waals surface area (Å²) in [6, 6.07) is 11.0. The summed E-state index contributed by atoms with van der Waals surface area (Å²) in [4.78, 5) is 4.28. The van der Waals surface area contributed by atoms with Crippen molar-refractivity contribution in [1.29, 1.82) is 0 Å². The van der Waals surface area contributed by atoms with E-state index in [1.54, 1.807) is 32.5 Å². The monoisotopic (exact) mass is 288 g/mol. The van der Waals surface area contributed by atoms with E-state index in [1.165, 1.54) is 0 Å². The van der Waals surface area contributed by atoms with Crippen LogP contribution in [0.2, 0.25) is 0 Å². The number of nitrogens with zero attached hydrogens (tertiary/aromatic N) is 1. The molecule has 2 rings (SSSR count). The van der Waals surface area contributed by atoms with Crippen LogP contribution in [0.25, 0.3) is 0 Å². The Morgan fingerprint density at radius 2 is 1.95 bits per heavy atom. The minimum Gasteiger partial charge on any atom is -0.493 e. The molecule has 0 aliphatic carbocycles. The van der Waals surface area contributed by atoms with E-state index in [9.17, 15) is 5.11 Å². The topological polar surface area (TPSA) is 77.6 Å². The zero-order valence-electron chi connectivity index (χ0n) is 12.2. The molecule has 5 heteroatoms. The minimum absolute atomic E-state index is 0.276. The van der Waals surface area contributed by atoms with E-state index in [0.29, 0.717) is 17.1 Å². The molecule has 0 bridgehead atoms. The van der Waals surface area contributed by atoms with Crippen molar-refractivity contribution in [1.82, 2.24) is 4.98 Å². The number of ether oxygens (including phenoxy) is 2. The van der Waals surface area contributed by atoms with Gasteiger partial charge in [-0.2, -0.15) is 0 Å². The third kappa shape index (κ3) is 3.15. The molecule has 5 nitrogen and oxygen atoms in total. The van der Waals surface area contributed by atoms with Gasteiger partial charge in [0.05, 0.1) is 20.3 Å². The first-order valence-electron chi connectivity index (χ1n) is 6.72. The van der Waals surface area contributed by atoms with Crippen LogP contribution in [0.1, 0.15) is 23.3 Å². The lowest BCUT2D eigenvalue weighted by Gasteiger charge is -2.23. The number of aliphatic hydroxyl groups excluding tert-OH is 1. The molecule has 112 valence electrons. The molecule has 1 aromatic carbocycles. The normalized spacial score (nSPS) is 13.5. The molecule has 21 heavy (non-hydrogen) atoms. The number of aromatic nitrogens is 1. The Morgan fingerprint density at radius 1 is 1.14 bits per heavy atom. The molecule has 0 saturated heterocycles. The number of rotatable bonds is 6. The average molecular weight is 288 g/mol. The molecule has 0 spiro atoms. The van der Waals surface area contributed by atoms with E-state index in [-0.39, 0.29) is 12.5 Å². The molecule has 2 aromatic rings. The molecule has 1 aromatic heterocycles. The van der Waals surface area contributed by atoms with Gasteiger partial charge in [-0.1, -0.05) is 18.2 Å². The fraction of sp³-hybridized carbons (Fsp3) is 0.312. The minimum atomic E-state index is -0.824. The molecular formula is C16H20N2O3. The van der Waals surface area contributed by atoms with E-state index < -0.39 is 6.10 Å². The quantitative estimate of drug-likeness (QED) is 0.848. The van der Waals surface area contributed by atoms with Crippen LogP contribution in [0.15, 0.2) is 42.6 Å². The molecule has 0 aliphatic heterocycles. The van der Waals surface area contributed by atoms with Gasteiger partial charge in [0, 0.05) is 29.9 Å². The van der Waals surface area contributed by atoms with Crippen molar-refractivity contribution in [3.05, 3.63) is 53.9 Å². The third-order valence-corrected chi connectivity index (χ3v) is 3.45. The first-order valence-corrected chi connectivity index (χ1v) is 6.72. The predicted molar refractivity (Wildman–Crippen MR) is 80.5 cm³/mol. The van der Waals surface area contributed by atoms with Crippen molar-refractivity contribution < 1.29 is 14.6 Å². The molecule has 0 radical (unpaired) electrons. The molecule has 0 amide bonds. The van der Waals surface area contributed by atoms with Gasteiger partial charge in [0.1, 0.15) is 0 Å². The van der Waals surface area contributed by atoms with Gasteiger partial charge in [0.25, 0.3) is 0 Å². The van der Waals surface area contributed by atoms with E-state index >= 15 is 0 Å². The van der Waals surface area contributed by atoms with E-state index in [4.69, 9.17) is 15.2 Å². The largest absolute Gasteiger partial charge is 0.493 e. The number of pyridine rings is 1. The number of benzene rings is 1. The molecule has 2 unspecified atom stereocenters. The number of hydrogen-bond acceptors (Lipinski definition) is 5. The highest BCUT2D eigenvalue weighted by Gasteiger charge is 2.26. The molecule has 3 N–H and O–H groups in total. The maximum absolute atomic E-state index is 10.7. The highest BCUT2D eigenvalue weighted by Crippen LogP contribution is 2.39. The van der Waals surface area contributed by atoms with E-state index in [2.05, 4.69) is 4.98 Å². The smallest absolute Gasteiger partial charge is 0.166 e. The molecule has 0 fully saturated rings. The van der Waals surface area contributed by atoms with Crippen LogP contribution in [0.5, 0.6) is 11.5 Å². The lowest BCUT2D eigenvalue weighted by Crippen LogP contribution is -2.21. The first-order chi connectivity index (χ1) is 10.2. The number of para-hydroxylation sites is 1. The zero-order valence-corrected chi connectivity index (χ0v) is 12.2. The van der Waals surface area contributed by atoms with E-state index in [1.807, 2.05) is 24.3 Å². The Labute approximate surface area is 124 Å². The summed E-state index contributed by atoms with van der Waals surface area (Å²) in [5.41, 5.74) is 7.22. The van der Waals surface area contributed by atoms with Crippen molar-refractivity contribution in [3.8, 4) is 11.5 Å². The molecular weight excluding hydrogens is 268 g/mol. The van der Waals surface area contributed by atoms with Crippen LogP contribution in [0.4, 0.5) is 0 Å². The number of methoxy groups -OCH3 is 2. The summed E-state index contributed by atoms with van der Waals surface area (Å²) in [7, 11) is 3.11.